The molecule has 1 saturated heterocycles. The predicted octanol–water partition coefficient (Wildman–Crippen LogP) is 0.873. The number of hydrogen-bond donors (Lipinski definition) is 2. The highest BCUT2D eigenvalue weighted by atomic mass is 19.1. The van der Waals surface area contributed by atoms with Gasteiger partial charge in [-0.15, -0.1) is 0 Å². The van der Waals surface area contributed by atoms with Crippen molar-refractivity contribution in [3.63, 3.8) is 0 Å². The quantitative estimate of drug-likeness (QED) is 0.783. The molecular formula is C10H9FN2O3. The maximum Gasteiger partial charge on any atom is 0.407 e. The number of carbonyl (C=O) groups is 2. The van der Waals surface area contributed by atoms with Gasteiger partial charge in [-0.3, -0.25) is 4.79 Å². The van der Waals surface area contributed by atoms with Crippen molar-refractivity contribution in [1.29, 1.82) is 0 Å². The Morgan fingerprint density at radius 3 is 3.00 bits per heavy atom. The molecule has 1 fully saturated rings. The Morgan fingerprint density at radius 1 is 1.56 bits per heavy atom. The van der Waals surface area contributed by atoms with Crippen LogP contribution in [0.1, 0.15) is 0 Å². The lowest BCUT2D eigenvalue weighted by atomic mass is 10.2. The molecule has 2 rings (SSSR count). The van der Waals surface area contributed by atoms with Gasteiger partial charge in [0.2, 0.25) is 0 Å². The number of halogens is 1. The van der Waals surface area contributed by atoms with Crippen molar-refractivity contribution in [2.45, 2.75) is 6.04 Å². The topological polar surface area (TPSA) is 67.4 Å². The van der Waals surface area contributed by atoms with Crippen molar-refractivity contribution in [1.82, 2.24) is 5.32 Å². The van der Waals surface area contributed by atoms with E-state index in [1.54, 1.807) is 6.07 Å². The van der Waals surface area contributed by atoms with Gasteiger partial charge in [0, 0.05) is 5.69 Å². The second-order valence-corrected chi connectivity index (χ2v) is 3.29. The van der Waals surface area contributed by atoms with Crippen molar-refractivity contribution in [3.05, 3.63) is 30.1 Å². The number of anilines is 1. The smallest absolute Gasteiger partial charge is 0.407 e. The Kier molecular flexibility index (Phi) is 2.72. The predicted molar refractivity (Wildman–Crippen MR) is 53.3 cm³/mol. The monoisotopic (exact) mass is 224 g/mol. The van der Waals surface area contributed by atoms with E-state index in [0.717, 1.165) is 0 Å². The Morgan fingerprint density at radius 2 is 2.38 bits per heavy atom. The molecule has 0 spiro atoms. The van der Waals surface area contributed by atoms with Crippen LogP contribution in [0.15, 0.2) is 24.3 Å². The normalized spacial score (nSPS) is 18.8. The second kappa shape index (κ2) is 4.18. The Bertz CT molecular complexity index is 436. The number of carbonyl (C=O) groups excluding carboxylic acids is 2. The van der Waals surface area contributed by atoms with Gasteiger partial charge in [0.25, 0.3) is 5.91 Å². The molecule has 1 heterocycles. The average Bonchev–Trinajstić information content (AvgIpc) is 2.65. The first-order chi connectivity index (χ1) is 7.65. The highest BCUT2D eigenvalue weighted by Gasteiger charge is 2.28. The molecule has 16 heavy (non-hydrogen) atoms. The summed E-state index contributed by atoms with van der Waals surface area (Å²) < 4.78 is 17.4. The van der Waals surface area contributed by atoms with Crippen LogP contribution < -0.4 is 10.6 Å². The van der Waals surface area contributed by atoms with Crippen LogP contribution >= 0.6 is 0 Å². The SMILES string of the molecule is O=C1NC(C(=O)Nc2cccc(F)c2)CO1. The fourth-order valence-electron chi connectivity index (χ4n) is 1.32. The molecule has 1 aliphatic rings. The molecule has 0 aromatic heterocycles. The van der Waals surface area contributed by atoms with E-state index in [-0.39, 0.29) is 6.61 Å². The first kappa shape index (κ1) is 10.4. The number of rotatable bonds is 2. The van der Waals surface area contributed by atoms with E-state index in [9.17, 15) is 14.0 Å². The zero-order chi connectivity index (χ0) is 11.5. The van der Waals surface area contributed by atoms with Crippen molar-refractivity contribution in [3.8, 4) is 0 Å². The molecule has 6 heteroatoms. The third-order valence-corrected chi connectivity index (χ3v) is 2.08. The molecule has 0 aliphatic carbocycles. The fraction of sp³-hybridized carbons (Fsp3) is 0.200. The van der Waals surface area contributed by atoms with Gasteiger partial charge in [0.05, 0.1) is 0 Å². The zero-order valence-corrected chi connectivity index (χ0v) is 8.20. The van der Waals surface area contributed by atoms with Crippen molar-refractivity contribution in [2.75, 3.05) is 11.9 Å². The lowest BCUT2D eigenvalue weighted by Crippen LogP contribution is -2.38. The van der Waals surface area contributed by atoms with Crippen LogP contribution in [0.2, 0.25) is 0 Å². The number of benzene rings is 1. The number of nitrogens with one attached hydrogen (secondary N) is 2. The van der Waals surface area contributed by atoms with Gasteiger partial charge in [-0.25, -0.2) is 9.18 Å². The lowest BCUT2D eigenvalue weighted by Gasteiger charge is -2.08. The van der Waals surface area contributed by atoms with Gasteiger partial charge in [0.1, 0.15) is 18.5 Å². The van der Waals surface area contributed by atoms with Gasteiger partial charge in [-0.2, -0.15) is 0 Å². The van der Waals surface area contributed by atoms with E-state index >= 15 is 0 Å². The number of hydrogen-bond acceptors (Lipinski definition) is 3. The summed E-state index contributed by atoms with van der Waals surface area (Å²) in [6, 6.07) is 4.77. The van der Waals surface area contributed by atoms with Gasteiger partial charge in [0.15, 0.2) is 0 Å². The van der Waals surface area contributed by atoms with E-state index in [0.29, 0.717) is 5.69 Å². The van der Waals surface area contributed by atoms with Crippen LogP contribution in [-0.4, -0.2) is 24.6 Å². The van der Waals surface area contributed by atoms with Crippen LogP contribution in [0.3, 0.4) is 0 Å². The van der Waals surface area contributed by atoms with Crippen molar-refractivity contribution in [2.24, 2.45) is 0 Å². The highest BCUT2D eigenvalue weighted by Crippen LogP contribution is 2.10. The molecule has 0 saturated carbocycles. The summed E-state index contributed by atoms with van der Waals surface area (Å²) in [6.45, 7) is -0.0139. The maximum absolute atomic E-state index is 12.8. The molecule has 1 atom stereocenters. The minimum atomic E-state index is -0.726. The van der Waals surface area contributed by atoms with E-state index in [1.807, 2.05) is 0 Å². The summed E-state index contributed by atoms with van der Waals surface area (Å²) in [6.07, 6.45) is -0.626. The number of alkyl carbamates (subject to hydrolysis) is 1. The van der Waals surface area contributed by atoms with Gasteiger partial charge in [-0.1, -0.05) is 6.07 Å². The molecule has 1 aromatic carbocycles. The Hall–Kier alpha value is -2.11. The largest absolute Gasteiger partial charge is 0.447 e. The first-order valence-corrected chi connectivity index (χ1v) is 4.65. The standard InChI is InChI=1S/C10H9FN2O3/c11-6-2-1-3-7(4-6)12-9(14)8-5-16-10(15)13-8/h1-4,8H,5H2,(H,12,14)(H,13,15). The van der Waals surface area contributed by atoms with Gasteiger partial charge in [-0.05, 0) is 18.2 Å². The average molecular weight is 224 g/mol. The van der Waals surface area contributed by atoms with Gasteiger partial charge >= 0.3 is 6.09 Å². The molecule has 1 aromatic rings. The van der Waals surface area contributed by atoms with E-state index in [4.69, 9.17) is 0 Å². The molecule has 1 unspecified atom stereocenters. The summed E-state index contributed by atoms with van der Waals surface area (Å²) in [5.74, 6) is -0.874. The first-order valence-electron chi connectivity index (χ1n) is 4.65. The molecule has 2 N–H and O–H groups in total. The van der Waals surface area contributed by atoms with E-state index in [2.05, 4.69) is 15.4 Å². The van der Waals surface area contributed by atoms with Crippen LogP contribution in [-0.2, 0) is 9.53 Å². The molecule has 2 amide bonds. The molecular weight excluding hydrogens is 215 g/mol. The summed E-state index contributed by atoms with van der Waals surface area (Å²) in [4.78, 5) is 22.2. The number of ether oxygens (including phenoxy) is 1. The summed E-state index contributed by atoms with van der Waals surface area (Å²) in [5, 5.41) is 4.79. The van der Waals surface area contributed by atoms with E-state index in [1.165, 1.54) is 18.2 Å². The molecule has 1 aliphatic heterocycles. The maximum atomic E-state index is 12.8. The number of cyclic esters (lactones) is 1. The van der Waals surface area contributed by atoms with Crippen LogP contribution in [0.25, 0.3) is 0 Å². The molecule has 84 valence electrons. The van der Waals surface area contributed by atoms with Crippen LogP contribution in [0, 0.1) is 5.82 Å². The zero-order valence-electron chi connectivity index (χ0n) is 8.20. The molecule has 0 radical (unpaired) electrons. The lowest BCUT2D eigenvalue weighted by molar-refractivity contribution is -0.117. The highest BCUT2D eigenvalue weighted by molar-refractivity contribution is 5.97. The van der Waals surface area contributed by atoms with E-state index < -0.39 is 23.9 Å². The van der Waals surface area contributed by atoms with Crippen molar-refractivity contribution < 1.29 is 18.7 Å². The Labute approximate surface area is 90.6 Å². The second-order valence-electron chi connectivity index (χ2n) is 3.29. The summed E-state index contributed by atoms with van der Waals surface area (Å²) in [5.41, 5.74) is 0.339. The minimum Gasteiger partial charge on any atom is -0.447 e. The minimum absolute atomic E-state index is 0.0139. The Balaban J connectivity index is 1.99. The molecule has 0 bridgehead atoms. The fourth-order valence-corrected chi connectivity index (χ4v) is 1.32. The summed E-state index contributed by atoms with van der Waals surface area (Å²) >= 11 is 0. The van der Waals surface area contributed by atoms with Crippen LogP contribution in [0.5, 0.6) is 0 Å². The van der Waals surface area contributed by atoms with Gasteiger partial charge < -0.3 is 15.4 Å². The molecule has 5 nitrogen and oxygen atoms in total. The van der Waals surface area contributed by atoms with Crippen molar-refractivity contribution >= 4 is 17.7 Å². The number of amides is 2. The third-order valence-electron chi connectivity index (χ3n) is 2.08. The van der Waals surface area contributed by atoms with Crippen LogP contribution in [0.4, 0.5) is 14.9 Å². The third kappa shape index (κ3) is 2.28. The summed E-state index contributed by atoms with van der Waals surface area (Å²) in [7, 11) is 0.